The number of rotatable bonds is 6. The van der Waals surface area contributed by atoms with Crippen molar-refractivity contribution in [3.8, 4) is 11.6 Å². The molecule has 0 radical (unpaired) electrons. The highest BCUT2D eigenvalue weighted by Crippen LogP contribution is 2.28. The molecule has 0 aliphatic rings. The Bertz CT molecular complexity index is 979. The summed E-state index contributed by atoms with van der Waals surface area (Å²) in [4.78, 5) is 11.5. The lowest BCUT2D eigenvalue weighted by Gasteiger charge is -2.11. The summed E-state index contributed by atoms with van der Waals surface area (Å²) in [6.45, 7) is 1.98. The molecule has 28 heavy (non-hydrogen) atoms. The molecule has 0 fully saturated rings. The van der Waals surface area contributed by atoms with Gasteiger partial charge in [0.2, 0.25) is 11.8 Å². The minimum Gasteiger partial charge on any atom is -0.473 e. The van der Waals surface area contributed by atoms with Crippen LogP contribution in [0, 0.1) is 12.3 Å². The summed E-state index contributed by atoms with van der Waals surface area (Å²) in [5, 5.41) is 12.7. The number of carbonyl (C=O) groups is 1. The Morgan fingerprint density at radius 1 is 1.11 bits per heavy atom. The molecule has 144 valence electrons. The maximum Gasteiger partial charge on any atom is 0.337 e. The van der Waals surface area contributed by atoms with Gasteiger partial charge in [-0.3, -0.25) is 5.41 Å². The molecule has 3 rings (SSSR count). The van der Waals surface area contributed by atoms with Crippen LogP contribution in [0.3, 0.4) is 0 Å². The van der Waals surface area contributed by atoms with E-state index in [4.69, 9.17) is 14.9 Å². The number of ether oxygens (including phenoxy) is 3. The maximum absolute atomic E-state index is 11.5. The third kappa shape index (κ3) is 4.20. The molecular weight excluding hydrogens is 358 g/mol. The number of esters is 1. The Balaban J connectivity index is 1.73. The molecule has 0 saturated heterocycles. The zero-order valence-electron chi connectivity index (χ0n) is 15.9. The first-order valence-electron chi connectivity index (χ1n) is 8.65. The molecule has 7 heteroatoms. The van der Waals surface area contributed by atoms with Crippen LogP contribution < -0.4 is 4.74 Å². The SMILES string of the molecule is COC(=O)c1ccc(COC(=N)c2c(C)nn(C)c2Oc2ccccc2)cc1. The first kappa shape index (κ1) is 19.2. The van der Waals surface area contributed by atoms with Gasteiger partial charge in [0.05, 0.1) is 18.4 Å². The van der Waals surface area contributed by atoms with Crippen LogP contribution in [0.4, 0.5) is 0 Å². The number of benzene rings is 2. The molecule has 1 aromatic heterocycles. The number of nitrogens with one attached hydrogen (secondary N) is 1. The van der Waals surface area contributed by atoms with Gasteiger partial charge in [-0.05, 0) is 36.8 Å². The van der Waals surface area contributed by atoms with E-state index in [0.717, 1.165) is 5.56 Å². The van der Waals surface area contributed by atoms with Crippen LogP contribution >= 0.6 is 0 Å². The quantitative estimate of drug-likeness (QED) is 0.399. The van der Waals surface area contributed by atoms with Crippen molar-refractivity contribution in [2.45, 2.75) is 13.5 Å². The highest BCUT2D eigenvalue weighted by Gasteiger charge is 2.21. The molecule has 3 aromatic rings. The largest absolute Gasteiger partial charge is 0.473 e. The highest BCUT2D eigenvalue weighted by atomic mass is 16.5. The Morgan fingerprint density at radius 2 is 1.79 bits per heavy atom. The number of methoxy groups -OCH3 is 1. The molecule has 0 saturated carbocycles. The van der Waals surface area contributed by atoms with Gasteiger partial charge < -0.3 is 14.2 Å². The normalized spacial score (nSPS) is 10.4. The van der Waals surface area contributed by atoms with Gasteiger partial charge in [0.25, 0.3) is 0 Å². The van der Waals surface area contributed by atoms with Crippen LogP contribution in [0.25, 0.3) is 0 Å². The van der Waals surface area contributed by atoms with E-state index in [2.05, 4.69) is 9.84 Å². The average Bonchev–Trinajstić information content (AvgIpc) is 2.99. The summed E-state index contributed by atoms with van der Waals surface area (Å²) in [6, 6.07) is 16.2. The third-order valence-electron chi connectivity index (χ3n) is 4.11. The summed E-state index contributed by atoms with van der Waals surface area (Å²) in [7, 11) is 3.10. The van der Waals surface area contributed by atoms with E-state index in [-0.39, 0.29) is 12.5 Å². The number of hydrogen-bond donors (Lipinski definition) is 1. The van der Waals surface area contributed by atoms with E-state index in [9.17, 15) is 4.79 Å². The van der Waals surface area contributed by atoms with Crippen molar-refractivity contribution >= 4 is 11.9 Å². The predicted molar refractivity (Wildman–Crippen MR) is 104 cm³/mol. The van der Waals surface area contributed by atoms with Crippen LogP contribution in [0.2, 0.25) is 0 Å². The van der Waals surface area contributed by atoms with Crippen LogP contribution in [0.15, 0.2) is 54.6 Å². The summed E-state index contributed by atoms with van der Waals surface area (Å²) in [5.74, 6) is 0.662. The van der Waals surface area contributed by atoms with Gasteiger partial charge in [-0.15, -0.1) is 0 Å². The van der Waals surface area contributed by atoms with Gasteiger partial charge in [0.1, 0.15) is 17.9 Å². The summed E-state index contributed by atoms with van der Waals surface area (Å²) < 4.78 is 17.8. The molecule has 7 nitrogen and oxygen atoms in total. The summed E-state index contributed by atoms with van der Waals surface area (Å²) in [5.41, 5.74) is 2.42. The molecule has 0 bridgehead atoms. The Labute approximate surface area is 163 Å². The van der Waals surface area contributed by atoms with Crippen molar-refractivity contribution in [1.29, 1.82) is 5.41 Å². The van der Waals surface area contributed by atoms with E-state index in [0.29, 0.717) is 28.5 Å². The van der Waals surface area contributed by atoms with Gasteiger partial charge in [0, 0.05) is 7.05 Å². The minimum atomic E-state index is -0.395. The van der Waals surface area contributed by atoms with Gasteiger partial charge in [-0.25, -0.2) is 9.48 Å². The van der Waals surface area contributed by atoms with Crippen LogP contribution in [0.5, 0.6) is 11.6 Å². The number of para-hydroxylation sites is 1. The van der Waals surface area contributed by atoms with Gasteiger partial charge in [-0.1, -0.05) is 30.3 Å². The molecule has 0 amide bonds. The second-order valence-corrected chi connectivity index (χ2v) is 6.11. The smallest absolute Gasteiger partial charge is 0.337 e. The second kappa shape index (κ2) is 8.39. The lowest BCUT2D eigenvalue weighted by Crippen LogP contribution is -2.08. The Hall–Kier alpha value is -3.61. The number of carbonyl (C=O) groups excluding carboxylic acids is 1. The number of hydrogen-bond acceptors (Lipinski definition) is 6. The predicted octanol–water partition coefficient (Wildman–Crippen LogP) is 3.85. The zero-order chi connectivity index (χ0) is 20.1. The number of aryl methyl sites for hydroxylation is 2. The van der Waals surface area contributed by atoms with Crippen LogP contribution in [-0.2, 0) is 23.1 Å². The lowest BCUT2D eigenvalue weighted by atomic mass is 10.1. The topological polar surface area (TPSA) is 86.4 Å². The Kier molecular flexibility index (Phi) is 5.74. The van der Waals surface area contributed by atoms with Crippen molar-refractivity contribution in [3.63, 3.8) is 0 Å². The van der Waals surface area contributed by atoms with E-state index in [1.165, 1.54) is 7.11 Å². The number of nitrogens with zero attached hydrogens (tertiary/aromatic N) is 2. The molecular formula is C21H21N3O4. The molecule has 0 unspecified atom stereocenters. The average molecular weight is 379 g/mol. The molecule has 1 heterocycles. The monoisotopic (exact) mass is 379 g/mol. The van der Waals surface area contributed by atoms with E-state index >= 15 is 0 Å². The molecule has 0 spiro atoms. The van der Waals surface area contributed by atoms with Gasteiger partial charge in [-0.2, -0.15) is 5.10 Å². The maximum atomic E-state index is 11.5. The summed E-state index contributed by atoms with van der Waals surface area (Å²) >= 11 is 0. The molecule has 2 aromatic carbocycles. The van der Waals surface area contributed by atoms with Crippen molar-refractivity contribution in [2.75, 3.05) is 7.11 Å². The van der Waals surface area contributed by atoms with E-state index in [1.54, 1.807) is 42.9 Å². The second-order valence-electron chi connectivity index (χ2n) is 6.11. The standard InChI is InChI=1S/C21H21N3O4/c1-14-18(20(24(2)23-14)28-17-7-5-4-6-8-17)19(22)27-13-15-9-11-16(12-10-15)21(25)26-3/h4-12,22H,13H2,1-3H3. The molecule has 1 N–H and O–H groups in total. The fraction of sp³-hybridized carbons (Fsp3) is 0.190. The highest BCUT2D eigenvalue weighted by molar-refractivity contribution is 5.95. The molecule has 0 aliphatic carbocycles. The first-order valence-corrected chi connectivity index (χ1v) is 8.65. The fourth-order valence-electron chi connectivity index (χ4n) is 2.70. The number of aromatic nitrogens is 2. The molecule has 0 atom stereocenters. The first-order chi connectivity index (χ1) is 13.5. The third-order valence-corrected chi connectivity index (χ3v) is 4.11. The lowest BCUT2D eigenvalue weighted by molar-refractivity contribution is 0.0600. The summed E-state index contributed by atoms with van der Waals surface area (Å²) in [6.07, 6.45) is 0. The fourth-order valence-corrected chi connectivity index (χ4v) is 2.70. The van der Waals surface area contributed by atoms with Crippen molar-refractivity contribution in [2.24, 2.45) is 7.05 Å². The molecule has 0 aliphatic heterocycles. The zero-order valence-corrected chi connectivity index (χ0v) is 15.9. The van der Waals surface area contributed by atoms with E-state index < -0.39 is 5.97 Å². The van der Waals surface area contributed by atoms with Crippen LogP contribution in [0.1, 0.15) is 27.2 Å². The van der Waals surface area contributed by atoms with Crippen molar-refractivity contribution in [1.82, 2.24) is 9.78 Å². The van der Waals surface area contributed by atoms with Crippen molar-refractivity contribution < 1.29 is 19.0 Å². The van der Waals surface area contributed by atoms with Crippen molar-refractivity contribution in [3.05, 3.63) is 77.0 Å². The van der Waals surface area contributed by atoms with Gasteiger partial charge in [0.15, 0.2) is 0 Å². The minimum absolute atomic E-state index is 0.0337. The van der Waals surface area contributed by atoms with Crippen LogP contribution in [-0.4, -0.2) is 28.8 Å². The van der Waals surface area contributed by atoms with E-state index in [1.807, 2.05) is 30.3 Å². The van der Waals surface area contributed by atoms with Gasteiger partial charge >= 0.3 is 5.97 Å². The Morgan fingerprint density at radius 3 is 2.43 bits per heavy atom.